The molecule has 9 heteroatoms. The molecule has 2 aromatic rings. The van der Waals surface area contributed by atoms with Crippen molar-refractivity contribution in [2.75, 3.05) is 14.2 Å². The van der Waals surface area contributed by atoms with Gasteiger partial charge in [-0.05, 0) is 30.7 Å². The maximum Gasteiger partial charge on any atom is 0.416 e. The second-order valence-corrected chi connectivity index (χ2v) is 5.96. The van der Waals surface area contributed by atoms with E-state index < -0.39 is 23.8 Å². The number of carbonyl (C=O) groups excluding carboxylic acids is 1. The van der Waals surface area contributed by atoms with Gasteiger partial charge in [-0.3, -0.25) is 10.2 Å². The zero-order valence-electron chi connectivity index (χ0n) is 16.0. The Morgan fingerprint density at radius 3 is 2.38 bits per heavy atom. The van der Waals surface area contributed by atoms with Crippen molar-refractivity contribution in [3.05, 3.63) is 70.8 Å². The van der Waals surface area contributed by atoms with Crippen molar-refractivity contribution in [1.29, 1.82) is 5.41 Å². The summed E-state index contributed by atoms with van der Waals surface area (Å²) in [6, 6.07) is 11.1. The first-order valence-corrected chi connectivity index (χ1v) is 8.54. The van der Waals surface area contributed by atoms with Crippen molar-refractivity contribution in [2.24, 2.45) is 5.16 Å². The summed E-state index contributed by atoms with van der Waals surface area (Å²) < 4.78 is 44.4. The fourth-order valence-corrected chi connectivity index (χ4v) is 2.59. The Hall–Kier alpha value is -3.36. The van der Waals surface area contributed by atoms with Crippen LogP contribution in [0.15, 0.2) is 53.7 Å². The zero-order chi connectivity index (χ0) is 21.6. The number of hydrogen-bond acceptors (Lipinski definition) is 5. The van der Waals surface area contributed by atoms with Gasteiger partial charge in [0.15, 0.2) is 5.71 Å². The molecule has 2 N–H and O–H groups in total. The molecule has 1 atom stereocenters. The lowest BCUT2D eigenvalue weighted by atomic mass is 10.0. The van der Waals surface area contributed by atoms with E-state index in [4.69, 9.17) is 15.0 Å². The third-order valence-corrected chi connectivity index (χ3v) is 4.03. The van der Waals surface area contributed by atoms with Gasteiger partial charge in [-0.15, -0.1) is 0 Å². The predicted molar refractivity (Wildman–Crippen MR) is 102 cm³/mol. The van der Waals surface area contributed by atoms with E-state index in [1.807, 2.05) is 0 Å². The van der Waals surface area contributed by atoms with Crippen molar-refractivity contribution < 1.29 is 27.5 Å². The van der Waals surface area contributed by atoms with Crippen LogP contribution in [0.1, 0.15) is 35.3 Å². The highest BCUT2D eigenvalue weighted by Crippen LogP contribution is 2.31. The Labute approximate surface area is 165 Å². The van der Waals surface area contributed by atoms with Gasteiger partial charge in [-0.2, -0.15) is 13.2 Å². The van der Waals surface area contributed by atoms with Gasteiger partial charge >= 0.3 is 6.18 Å². The Morgan fingerprint density at radius 1 is 1.14 bits per heavy atom. The lowest BCUT2D eigenvalue weighted by Crippen LogP contribution is -2.30. The Morgan fingerprint density at radius 2 is 1.79 bits per heavy atom. The zero-order valence-corrected chi connectivity index (χ0v) is 16.0. The lowest BCUT2D eigenvalue weighted by molar-refractivity contribution is -0.137. The highest BCUT2D eigenvalue weighted by Gasteiger charge is 2.31. The van der Waals surface area contributed by atoms with Crippen LogP contribution >= 0.6 is 0 Å². The molecule has 0 aliphatic carbocycles. The minimum Gasteiger partial charge on any atom is -0.470 e. The number of alkyl halides is 3. The standard InChI is InChI=1S/C20H20F3N3O3/c1-12(13-7-6-8-14(11-13)20(21,22)23)29-18(24)16-10-5-4-9-15(16)17(26-28-3)19(27)25-2/h4-12,24H,1-3H3,(H,25,27)/b24-18?,26-17-/t12-/m0/s1. The van der Waals surface area contributed by atoms with Crippen LogP contribution in [0.4, 0.5) is 13.2 Å². The fourth-order valence-electron chi connectivity index (χ4n) is 2.59. The van der Waals surface area contributed by atoms with E-state index in [0.717, 1.165) is 12.1 Å². The number of benzene rings is 2. The summed E-state index contributed by atoms with van der Waals surface area (Å²) in [7, 11) is 2.71. The lowest BCUT2D eigenvalue weighted by Gasteiger charge is -2.18. The van der Waals surface area contributed by atoms with Gasteiger partial charge in [0.05, 0.1) is 5.56 Å². The maximum absolute atomic E-state index is 12.9. The predicted octanol–water partition coefficient (Wildman–Crippen LogP) is 3.91. The van der Waals surface area contributed by atoms with Crippen LogP contribution in [0.5, 0.6) is 0 Å². The second-order valence-electron chi connectivity index (χ2n) is 5.96. The van der Waals surface area contributed by atoms with Crippen molar-refractivity contribution in [1.82, 2.24) is 5.32 Å². The molecular weight excluding hydrogens is 387 g/mol. The van der Waals surface area contributed by atoms with Gasteiger partial charge in [0.1, 0.15) is 13.2 Å². The molecule has 154 valence electrons. The van der Waals surface area contributed by atoms with Crippen LogP contribution in [-0.2, 0) is 20.5 Å². The molecule has 0 heterocycles. The van der Waals surface area contributed by atoms with Crippen LogP contribution in [-0.4, -0.2) is 31.7 Å². The van der Waals surface area contributed by atoms with Crippen molar-refractivity contribution in [3.8, 4) is 0 Å². The summed E-state index contributed by atoms with van der Waals surface area (Å²) in [6.07, 6.45) is -5.31. The third kappa shape index (κ3) is 5.34. The average molecular weight is 407 g/mol. The smallest absolute Gasteiger partial charge is 0.416 e. The number of amides is 1. The summed E-state index contributed by atoms with van der Waals surface area (Å²) in [4.78, 5) is 16.8. The minimum atomic E-state index is -4.48. The number of likely N-dealkylation sites (N-methyl/N-ethyl adjacent to an activating group) is 1. The van der Waals surface area contributed by atoms with Gasteiger partial charge in [0.25, 0.3) is 5.91 Å². The van der Waals surface area contributed by atoms with Gasteiger partial charge in [-0.25, -0.2) is 0 Å². The SMILES string of the molecule is CNC(=O)/C(=N\OC)c1ccccc1C(=N)O[C@@H](C)c1cccc(C(F)(F)F)c1. The van der Waals surface area contributed by atoms with Crippen molar-refractivity contribution in [3.63, 3.8) is 0 Å². The molecule has 0 fully saturated rings. The van der Waals surface area contributed by atoms with Crippen LogP contribution < -0.4 is 5.32 Å². The summed E-state index contributed by atoms with van der Waals surface area (Å²) >= 11 is 0. The monoisotopic (exact) mass is 407 g/mol. The average Bonchev–Trinajstić information content (AvgIpc) is 2.70. The molecule has 0 saturated carbocycles. The minimum absolute atomic E-state index is 0.0642. The molecule has 0 radical (unpaired) electrons. The van der Waals surface area contributed by atoms with E-state index in [0.29, 0.717) is 0 Å². The number of nitrogens with one attached hydrogen (secondary N) is 2. The number of carbonyl (C=O) groups is 1. The Bertz CT molecular complexity index is 926. The number of oxime groups is 1. The number of halogens is 3. The van der Waals surface area contributed by atoms with E-state index in [2.05, 4.69) is 10.5 Å². The molecule has 0 spiro atoms. The van der Waals surface area contributed by atoms with E-state index in [-0.39, 0.29) is 28.3 Å². The topological polar surface area (TPSA) is 83.8 Å². The third-order valence-electron chi connectivity index (χ3n) is 4.03. The molecule has 0 saturated heterocycles. The number of hydrogen-bond donors (Lipinski definition) is 2. The van der Waals surface area contributed by atoms with Crippen molar-refractivity contribution >= 4 is 17.5 Å². The summed E-state index contributed by atoms with van der Waals surface area (Å²) in [6.45, 7) is 1.54. The number of nitrogens with zero attached hydrogens (tertiary/aromatic N) is 1. The largest absolute Gasteiger partial charge is 0.470 e. The first kappa shape index (κ1) is 21.9. The molecule has 0 bridgehead atoms. The molecule has 2 rings (SSSR count). The fraction of sp³-hybridized carbons (Fsp3) is 0.250. The second kappa shape index (κ2) is 9.22. The Kier molecular flexibility index (Phi) is 6.98. The molecule has 29 heavy (non-hydrogen) atoms. The van der Waals surface area contributed by atoms with E-state index >= 15 is 0 Å². The van der Waals surface area contributed by atoms with E-state index in [9.17, 15) is 18.0 Å². The number of rotatable bonds is 6. The first-order valence-electron chi connectivity index (χ1n) is 8.54. The van der Waals surface area contributed by atoms with Gasteiger partial charge < -0.3 is 14.9 Å². The van der Waals surface area contributed by atoms with E-state index in [1.54, 1.807) is 24.3 Å². The molecular formula is C20H20F3N3O3. The van der Waals surface area contributed by atoms with Crippen LogP contribution in [0, 0.1) is 5.41 Å². The first-order chi connectivity index (χ1) is 13.7. The summed E-state index contributed by atoms with van der Waals surface area (Å²) in [5.74, 6) is -0.851. The molecule has 2 aromatic carbocycles. The molecule has 0 aliphatic heterocycles. The number of ether oxygens (including phenoxy) is 1. The Balaban J connectivity index is 2.33. The molecule has 0 aliphatic rings. The van der Waals surface area contributed by atoms with Gasteiger partial charge in [-0.1, -0.05) is 35.5 Å². The molecule has 0 aromatic heterocycles. The normalized spacial score (nSPS) is 12.8. The van der Waals surface area contributed by atoms with Crippen LogP contribution in [0.25, 0.3) is 0 Å². The highest BCUT2D eigenvalue weighted by atomic mass is 19.4. The van der Waals surface area contributed by atoms with E-state index in [1.165, 1.54) is 33.2 Å². The quantitative estimate of drug-likeness (QED) is 0.433. The molecule has 6 nitrogen and oxygen atoms in total. The van der Waals surface area contributed by atoms with Gasteiger partial charge in [0.2, 0.25) is 5.90 Å². The molecule has 0 unspecified atom stereocenters. The summed E-state index contributed by atoms with van der Waals surface area (Å²) in [5.41, 5.74) is -0.0722. The van der Waals surface area contributed by atoms with Crippen LogP contribution in [0.2, 0.25) is 0 Å². The van der Waals surface area contributed by atoms with Gasteiger partial charge in [0, 0.05) is 18.2 Å². The van der Waals surface area contributed by atoms with Crippen molar-refractivity contribution in [2.45, 2.75) is 19.2 Å². The molecule has 1 amide bonds. The maximum atomic E-state index is 12.9. The van der Waals surface area contributed by atoms with Crippen LogP contribution in [0.3, 0.4) is 0 Å². The summed E-state index contributed by atoms with van der Waals surface area (Å²) in [5, 5.41) is 14.4. The highest BCUT2D eigenvalue weighted by molar-refractivity contribution is 6.46.